The third kappa shape index (κ3) is 9.78. The van der Waals surface area contributed by atoms with E-state index in [1.165, 1.54) is 35.1 Å². The molecule has 9 nitrogen and oxygen atoms in total. The first-order valence-electron chi connectivity index (χ1n) is 16.8. The van der Waals surface area contributed by atoms with Gasteiger partial charge in [-0.2, -0.15) is 27.1 Å². The molecule has 2 amide bonds. The maximum atomic E-state index is 15.4. The van der Waals surface area contributed by atoms with Gasteiger partial charge in [-0.1, -0.05) is 73.9 Å². The second-order valence-corrected chi connectivity index (χ2v) is 14.0. The summed E-state index contributed by atoms with van der Waals surface area (Å²) in [5.74, 6) is -8.81. The predicted molar refractivity (Wildman–Crippen MR) is 180 cm³/mol. The van der Waals surface area contributed by atoms with Crippen LogP contribution < -0.4 is 16.0 Å². The molecule has 2 saturated carbocycles. The summed E-state index contributed by atoms with van der Waals surface area (Å²) in [6.07, 6.45) is 3.18. The van der Waals surface area contributed by atoms with Crippen LogP contribution in [0.5, 0.6) is 5.75 Å². The molecule has 51 heavy (non-hydrogen) atoms. The van der Waals surface area contributed by atoms with E-state index < -0.39 is 65.6 Å². The summed E-state index contributed by atoms with van der Waals surface area (Å²) in [6, 6.07) is 2.49. The molecule has 2 fully saturated rings. The number of nitrogens with one attached hydrogen (secondary N) is 3. The van der Waals surface area contributed by atoms with Crippen molar-refractivity contribution in [2.75, 3.05) is 0 Å². The van der Waals surface area contributed by atoms with Crippen LogP contribution in [0.15, 0.2) is 54.9 Å². The summed E-state index contributed by atoms with van der Waals surface area (Å²) in [6.45, 7) is 0. The summed E-state index contributed by atoms with van der Waals surface area (Å²) in [4.78, 5) is 40.6. The van der Waals surface area contributed by atoms with Crippen molar-refractivity contribution < 1.29 is 41.4 Å². The molecule has 0 radical (unpaired) electrons. The van der Waals surface area contributed by atoms with Gasteiger partial charge in [-0.15, -0.1) is 0 Å². The number of aromatic nitrogens is 2. The lowest BCUT2D eigenvalue weighted by Gasteiger charge is -2.33. The van der Waals surface area contributed by atoms with Crippen molar-refractivity contribution in [2.24, 2.45) is 5.92 Å². The first-order valence-corrected chi connectivity index (χ1v) is 17.5. The minimum atomic E-state index is -6.04. The highest BCUT2D eigenvalue weighted by Gasteiger charge is 2.63. The topological polar surface area (TPSA) is 125 Å². The lowest BCUT2D eigenvalue weighted by molar-refractivity contribution is -0.294. The zero-order chi connectivity index (χ0) is 36.9. The number of phenols is 1. The molecular formula is C35H38Cl2F5N5O4. The Kier molecular flexibility index (Phi) is 12.3. The number of hydrogen-bond acceptors (Lipinski definition) is 6. The van der Waals surface area contributed by atoms with Crippen molar-refractivity contribution in [3.63, 3.8) is 0 Å². The second-order valence-electron chi connectivity index (χ2n) is 13.2. The first kappa shape index (κ1) is 38.5. The Balaban J connectivity index is 1.46. The van der Waals surface area contributed by atoms with Gasteiger partial charge in [0.05, 0.1) is 27.8 Å². The average Bonchev–Trinajstić information content (AvgIpc) is 3.80. The minimum Gasteiger partial charge on any atom is -0.505 e. The maximum Gasteiger partial charge on any atom is 0.455 e. The lowest BCUT2D eigenvalue weighted by Crippen LogP contribution is -2.57. The van der Waals surface area contributed by atoms with Crippen LogP contribution in [0.25, 0.3) is 5.69 Å². The van der Waals surface area contributed by atoms with E-state index in [-0.39, 0.29) is 34.0 Å². The van der Waals surface area contributed by atoms with E-state index in [1.54, 1.807) is 12.3 Å². The van der Waals surface area contributed by atoms with Crippen molar-refractivity contribution in [1.29, 1.82) is 0 Å². The summed E-state index contributed by atoms with van der Waals surface area (Å²) in [5, 5.41) is 21.0. The van der Waals surface area contributed by atoms with Gasteiger partial charge in [0, 0.05) is 18.4 Å². The third-order valence-corrected chi connectivity index (χ3v) is 9.83. The van der Waals surface area contributed by atoms with Crippen molar-refractivity contribution >= 4 is 40.8 Å². The Morgan fingerprint density at radius 2 is 1.55 bits per heavy atom. The number of amides is 2. The number of ketones is 1. The zero-order valence-corrected chi connectivity index (χ0v) is 28.9. The molecule has 5 rings (SSSR count). The largest absolute Gasteiger partial charge is 0.505 e. The summed E-state index contributed by atoms with van der Waals surface area (Å²) < 4.78 is 74.2. The molecule has 16 heteroatoms. The quantitative estimate of drug-likeness (QED) is 0.0797. The number of aromatic hydroxyl groups is 1. The summed E-state index contributed by atoms with van der Waals surface area (Å²) in [7, 11) is 0. The van der Waals surface area contributed by atoms with E-state index in [4.69, 9.17) is 23.2 Å². The molecule has 0 bridgehead atoms. The number of alkyl halides is 5. The van der Waals surface area contributed by atoms with Crippen LogP contribution in [-0.2, 0) is 20.8 Å². The van der Waals surface area contributed by atoms with E-state index >= 15 is 8.78 Å². The highest BCUT2D eigenvalue weighted by molar-refractivity contribution is 6.38. The highest BCUT2D eigenvalue weighted by atomic mass is 35.5. The van der Waals surface area contributed by atoms with E-state index in [2.05, 4.69) is 21.0 Å². The molecule has 2 aliphatic carbocycles. The van der Waals surface area contributed by atoms with Crippen LogP contribution in [-0.4, -0.2) is 62.7 Å². The SMILES string of the molecule is O=C(NC1CCCCCC1)C(=O)[C@H](CC1CC1)NC(=O)[C@H](Cc1cc(Cl)c(O)c(Cl)c1)N[C@@H](c1ccc(-n2cccn2)cc1)C(F)(F)C(F)(F)F. The highest BCUT2D eigenvalue weighted by Crippen LogP contribution is 2.45. The average molecular weight is 759 g/mol. The second kappa shape index (κ2) is 16.3. The van der Waals surface area contributed by atoms with E-state index in [0.717, 1.165) is 50.7 Å². The minimum absolute atomic E-state index is 0.0154. The smallest absolute Gasteiger partial charge is 0.455 e. The van der Waals surface area contributed by atoms with Gasteiger partial charge in [-0.05, 0) is 73.1 Å². The summed E-state index contributed by atoms with van der Waals surface area (Å²) in [5.41, 5.74) is -0.0139. The van der Waals surface area contributed by atoms with Crippen molar-refractivity contribution in [3.8, 4) is 11.4 Å². The van der Waals surface area contributed by atoms with Crippen LogP contribution in [0.2, 0.25) is 10.0 Å². The van der Waals surface area contributed by atoms with E-state index in [9.17, 15) is 32.7 Å². The van der Waals surface area contributed by atoms with Gasteiger partial charge in [-0.3, -0.25) is 19.7 Å². The van der Waals surface area contributed by atoms with Crippen LogP contribution in [0.4, 0.5) is 22.0 Å². The van der Waals surface area contributed by atoms with Crippen LogP contribution in [0.3, 0.4) is 0 Å². The molecular weight excluding hydrogens is 720 g/mol. The van der Waals surface area contributed by atoms with Gasteiger partial charge < -0.3 is 15.7 Å². The number of benzene rings is 2. The van der Waals surface area contributed by atoms with Crippen LogP contribution >= 0.6 is 23.2 Å². The maximum absolute atomic E-state index is 15.4. The van der Waals surface area contributed by atoms with Gasteiger partial charge in [0.15, 0.2) is 5.75 Å². The molecule has 0 aliphatic heterocycles. The van der Waals surface area contributed by atoms with E-state index in [0.29, 0.717) is 18.5 Å². The number of carbonyl (C=O) groups is 3. The zero-order valence-electron chi connectivity index (χ0n) is 27.4. The fourth-order valence-electron chi connectivity index (χ4n) is 6.24. The number of carbonyl (C=O) groups excluding carboxylic acids is 3. The van der Waals surface area contributed by atoms with Gasteiger partial charge in [0.2, 0.25) is 11.7 Å². The fourth-order valence-corrected chi connectivity index (χ4v) is 6.78. The molecule has 3 atom stereocenters. The number of Topliss-reactive ketones (excluding diaryl/α,β-unsaturated/α-hetero) is 1. The van der Waals surface area contributed by atoms with Gasteiger partial charge >= 0.3 is 12.1 Å². The molecule has 276 valence electrons. The third-order valence-electron chi connectivity index (χ3n) is 9.25. The van der Waals surface area contributed by atoms with Gasteiger partial charge in [0.1, 0.15) is 6.04 Å². The Morgan fingerprint density at radius 3 is 2.10 bits per heavy atom. The molecule has 0 unspecified atom stereocenters. The first-order chi connectivity index (χ1) is 24.1. The molecule has 0 spiro atoms. The van der Waals surface area contributed by atoms with Crippen molar-refractivity contribution in [2.45, 2.75) is 100 Å². The van der Waals surface area contributed by atoms with Crippen LogP contribution in [0.1, 0.15) is 75.0 Å². The number of phenolic OH excluding ortho intramolecular Hbond substituents is 1. The molecule has 1 heterocycles. The summed E-state index contributed by atoms with van der Waals surface area (Å²) >= 11 is 12.1. The van der Waals surface area contributed by atoms with Gasteiger partial charge in [-0.25, -0.2) is 4.68 Å². The fraction of sp³-hybridized carbons (Fsp3) is 0.486. The van der Waals surface area contributed by atoms with Crippen molar-refractivity contribution in [1.82, 2.24) is 25.7 Å². The van der Waals surface area contributed by atoms with E-state index in [1.807, 2.05) is 0 Å². The molecule has 0 saturated heterocycles. The number of halogens is 7. The molecule has 2 aliphatic rings. The normalized spacial score (nSPS) is 17.6. The Hall–Kier alpha value is -3.75. The molecule has 2 aromatic carbocycles. The predicted octanol–water partition coefficient (Wildman–Crippen LogP) is 7.02. The Bertz CT molecular complexity index is 1660. The number of rotatable bonds is 14. The standard InChI is InChI=1S/C35H38Cl2F5N5O4/c36-25-16-21(17-26(37)29(25)48)19-28(32(50)46-27(18-20-8-9-20)30(49)33(51)44-23-6-3-1-2-4-7-23)45-31(34(38,39)35(40,41)42)22-10-12-24(13-11-22)47-15-5-14-43-47/h5,10-17,20,23,27-28,31,45,48H,1-4,6-9,18-19H2,(H,44,51)(H,46,50)/t27-,28-,31-/m0/s1. The molecule has 3 aromatic rings. The number of nitrogens with zero attached hydrogens (tertiary/aromatic N) is 2. The molecule has 4 N–H and O–H groups in total. The monoisotopic (exact) mass is 757 g/mol. The Labute approximate surface area is 301 Å². The number of hydrogen-bond donors (Lipinski definition) is 4. The lowest BCUT2D eigenvalue weighted by atomic mass is 9.96. The Morgan fingerprint density at radius 1 is 0.922 bits per heavy atom. The van der Waals surface area contributed by atoms with Crippen LogP contribution in [0, 0.1) is 5.92 Å². The van der Waals surface area contributed by atoms with Crippen molar-refractivity contribution in [3.05, 3.63) is 76.0 Å². The molecule has 1 aromatic heterocycles. The van der Waals surface area contributed by atoms with Gasteiger partial charge in [0.25, 0.3) is 5.91 Å².